The van der Waals surface area contributed by atoms with Gasteiger partial charge in [0.15, 0.2) is 0 Å². The predicted molar refractivity (Wildman–Crippen MR) is 536 cm³/mol. The number of urea groups is 1. The highest BCUT2D eigenvalue weighted by atomic mass is 127. The summed E-state index contributed by atoms with van der Waals surface area (Å²) >= 11 is 2.20. The van der Waals surface area contributed by atoms with Gasteiger partial charge in [-0.3, -0.25) is 72.3 Å². The van der Waals surface area contributed by atoms with Crippen LogP contribution in [0.15, 0.2) is 66.7 Å². The van der Waals surface area contributed by atoms with Crippen molar-refractivity contribution in [2.45, 2.75) is 336 Å². The number of esters is 8. The zero-order valence-electron chi connectivity index (χ0n) is 86.8. The quantitative estimate of drug-likeness (QED) is 0.0110. The Morgan fingerprint density at radius 3 is 1.21 bits per heavy atom. The SMILES string of the molecule is COC(=O)C(CCCCNC(=O)[C@H](Cc1ccc2ccccc2c1)NC(=O)C1CCC(CNC(=O)C(CCCCNC(=O)CN2CCN(CC(=O)OC(C)(C)C)CCN(CC(=O)OC(C)(C)C)CCN(CC(=O)OC(C)(C)C)CC2)NC(=O)CC(NC(=O)CC(NC(=O)CCCc2ccc(I)cc2)C(=O)OC(C)(C)C)C(=O)OC(C)(C)C)CC1)NC(=O)N[C@@H](CCC(=O)OC(C)(C)C)C(=O)OC(C)(C)C. The standard InChI is InChI=1S/C102H160IN13O24/c1-96(2,3)134-84(121)47-46-76(92(129)138-100(13,14)15)112-95(132)111-75(91(128)133-22)34-26-28-49-105-90(127)77(59-69-38-41-70-31-23-24-32-72(70)58-69)110-88(125)71-42-36-68(37-43-71)62-106-89(126)74(107-81(118)61-79(94(131)140-102(19,20)21)109-82(119)60-78(93(130)139-101(16,17)18)108-80(117)35-29-30-67-39-44-73(103)45-40-67)33-25-27-48-104-83(120)63-113-50-52-114(64-85(122)135-97(4,5)6)54-56-116(66-87(124)137-99(10,11)12)57-55-115(53-51-113)65-86(123)136-98(7,8)9/h23-24,31-32,38-41,44-45,58,68,71,74-79H,25-30,33-37,42-43,46-57,59-66H2,1-22H3,(H,104,120)(H,105,127)(H,106,126)(H,107,118)(H,108,117)(H,109,119)(H,110,125)(H2,111,112,132)/t68?,71?,74?,75?,76-,77-,78?,79?/m0/s1. The van der Waals surface area contributed by atoms with Crippen LogP contribution in [-0.4, -0.2) is 295 Å². The minimum Gasteiger partial charge on any atom is -0.467 e. The number of nitrogens with zero attached hydrogens (tertiary/aromatic N) is 4. The van der Waals surface area contributed by atoms with E-state index in [4.69, 9.17) is 37.9 Å². The molecule has 1 heterocycles. The number of aryl methyl sites for hydroxylation is 1. The molecule has 0 bridgehead atoms. The summed E-state index contributed by atoms with van der Waals surface area (Å²) < 4.78 is 45.6. The summed E-state index contributed by atoms with van der Waals surface area (Å²) in [7, 11) is 1.16. The van der Waals surface area contributed by atoms with Gasteiger partial charge in [0.1, 0.15) is 75.5 Å². The van der Waals surface area contributed by atoms with Crippen molar-refractivity contribution in [1.29, 1.82) is 0 Å². The number of hydrogen-bond donors (Lipinski definition) is 9. The third kappa shape index (κ3) is 52.0. The Bertz CT molecular complexity index is 4540. The number of nitrogens with one attached hydrogen (secondary N) is 9. The average Bonchev–Trinajstić information content (AvgIpc) is 0.831. The van der Waals surface area contributed by atoms with Gasteiger partial charge in [-0.25, -0.2) is 24.0 Å². The van der Waals surface area contributed by atoms with E-state index in [9.17, 15) is 76.7 Å². The van der Waals surface area contributed by atoms with E-state index in [1.807, 2.05) is 86.3 Å². The van der Waals surface area contributed by atoms with Gasteiger partial charge >= 0.3 is 53.8 Å². The number of unbranched alkanes of at least 4 members (excludes halogenated alkanes) is 2. The van der Waals surface area contributed by atoms with Crippen molar-refractivity contribution in [3.63, 3.8) is 0 Å². The van der Waals surface area contributed by atoms with Gasteiger partial charge in [-0.2, -0.15) is 0 Å². The number of carbonyl (C=O) groups is 16. The molecule has 6 atom stereocenters. The van der Waals surface area contributed by atoms with Crippen LogP contribution in [0.25, 0.3) is 10.8 Å². The van der Waals surface area contributed by atoms with Crippen LogP contribution < -0.4 is 47.9 Å². The Labute approximate surface area is 840 Å². The van der Waals surface area contributed by atoms with Crippen molar-refractivity contribution in [1.82, 2.24) is 67.5 Å². The van der Waals surface area contributed by atoms with E-state index in [2.05, 4.69) is 70.4 Å². The first-order valence-electron chi connectivity index (χ1n) is 48.9. The molecule has 1 saturated carbocycles. The topological polar surface area (TPSA) is 468 Å². The van der Waals surface area contributed by atoms with E-state index in [0.717, 1.165) is 32.6 Å². The highest BCUT2D eigenvalue weighted by molar-refractivity contribution is 14.1. The molecular formula is C102H160IN13O24. The number of hydrogen-bond acceptors (Lipinski definition) is 28. The molecule has 1 saturated heterocycles. The van der Waals surface area contributed by atoms with Crippen LogP contribution in [-0.2, 0) is 123 Å². The van der Waals surface area contributed by atoms with Gasteiger partial charge < -0.3 is 85.7 Å². The van der Waals surface area contributed by atoms with Crippen molar-refractivity contribution in [2.75, 3.05) is 105 Å². The maximum atomic E-state index is 14.8. The molecule has 4 unspecified atom stereocenters. The average molecular weight is 2080 g/mol. The summed E-state index contributed by atoms with van der Waals surface area (Å²) in [5.74, 6) is -10.3. The van der Waals surface area contributed by atoms with Crippen molar-refractivity contribution in [3.8, 4) is 0 Å². The van der Waals surface area contributed by atoms with Crippen LogP contribution in [0.2, 0.25) is 0 Å². The van der Waals surface area contributed by atoms with Gasteiger partial charge in [0.2, 0.25) is 41.4 Å². The first-order chi connectivity index (χ1) is 65.1. The molecule has 38 heteroatoms. The van der Waals surface area contributed by atoms with E-state index in [-0.39, 0.29) is 128 Å². The first kappa shape index (κ1) is 120. The van der Waals surface area contributed by atoms with Crippen molar-refractivity contribution >= 4 is 128 Å². The summed E-state index contributed by atoms with van der Waals surface area (Å²) in [6.07, 6.45) is 2.06. The Morgan fingerprint density at radius 2 is 0.750 bits per heavy atom. The molecule has 784 valence electrons. The number of benzene rings is 3. The molecule has 2 fully saturated rings. The molecule has 37 nitrogen and oxygen atoms in total. The van der Waals surface area contributed by atoms with Crippen LogP contribution in [0.5, 0.6) is 0 Å². The Kier molecular flexibility index (Phi) is 49.1. The smallest absolute Gasteiger partial charge is 0.329 e. The maximum Gasteiger partial charge on any atom is 0.329 e. The fourth-order valence-electron chi connectivity index (χ4n) is 15.4. The lowest BCUT2D eigenvalue weighted by atomic mass is 9.81. The normalized spacial score (nSPS) is 16.7. The maximum absolute atomic E-state index is 14.8. The molecular weight excluding hydrogens is 1920 g/mol. The highest BCUT2D eigenvalue weighted by Gasteiger charge is 2.38. The van der Waals surface area contributed by atoms with Crippen molar-refractivity contribution in [3.05, 3.63) is 81.4 Å². The molecule has 140 heavy (non-hydrogen) atoms. The predicted octanol–water partition coefficient (Wildman–Crippen LogP) is 8.83. The molecule has 1 aliphatic carbocycles. The third-order valence-electron chi connectivity index (χ3n) is 21.9. The molecule has 3 aromatic rings. The van der Waals surface area contributed by atoms with Gasteiger partial charge in [0, 0.05) is 101 Å². The van der Waals surface area contributed by atoms with Gasteiger partial charge in [-0.15, -0.1) is 0 Å². The van der Waals surface area contributed by atoms with Crippen molar-refractivity contribution in [2.24, 2.45) is 11.8 Å². The molecule has 0 radical (unpaired) electrons. The fourth-order valence-corrected chi connectivity index (χ4v) is 15.8. The van der Waals surface area contributed by atoms with Gasteiger partial charge in [0.25, 0.3) is 0 Å². The summed E-state index contributed by atoms with van der Waals surface area (Å²) in [5.41, 5.74) is -4.45. The van der Waals surface area contributed by atoms with Gasteiger partial charge in [0.05, 0.1) is 46.1 Å². The summed E-state index contributed by atoms with van der Waals surface area (Å²) in [5, 5.41) is 27.0. The lowest BCUT2D eigenvalue weighted by molar-refractivity contribution is -0.161. The van der Waals surface area contributed by atoms with Gasteiger partial charge in [-0.05, 0) is 291 Å². The molecule has 9 amide bonds. The fraction of sp³-hybridized carbons (Fsp3) is 0.686. The Hall–Kier alpha value is -10.2. The van der Waals surface area contributed by atoms with E-state index in [0.29, 0.717) is 90.6 Å². The Morgan fingerprint density at radius 1 is 0.357 bits per heavy atom. The summed E-state index contributed by atoms with van der Waals surface area (Å²) in [6, 6.07) is 12.4. The second-order valence-electron chi connectivity index (χ2n) is 43.1. The van der Waals surface area contributed by atoms with E-state index >= 15 is 0 Å². The molecule has 5 rings (SSSR count). The van der Waals surface area contributed by atoms with Crippen LogP contribution in [0.4, 0.5) is 4.79 Å². The van der Waals surface area contributed by atoms with E-state index < -0.39 is 178 Å². The summed E-state index contributed by atoms with van der Waals surface area (Å²) in [4.78, 5) is 229. The molecule has 0 aromatic heterocycles. The minimum absolute atomic E-state index is 0.00238. The van der Waals surface area contributed by atoms with E-state index in [1.165, 1.54) is 0 Å². The zero-order chi connectivity index (χ0) is 105. The molecule has 1 aliphatic heterocycles. The molecule has 3 aromatic carbocycles. The first-order valence-corrected chi connectivity index (χ1v) is 50.0. The number of methoxy groups -OCH3 is 1. The minimum atomic E-state index is -1.70. The second-order valence-corrected chi connectivity index (χ2v) is 44.4. The number of fused-ring (bicyclic) bond motifs is 1. The lowest BCUT2D eigenvalue weighted by Crippen LogP contribution is -2.52. The third-order valence-corrected chi connectivity index (χ3v) is 22.6. The van der Waals surface area contributed by atoms with Crippen LogP contribution in [0.1, 0.15) is 259 Å². The highest BCUT2D eigenvalue weighted by Crippen LogP contribution is 2.30. The summed E-state index contributed by atoms with van der Waals surface area (Å²) in [6.45, 7) is 38.2. The number of halogens is 1. The zero-order valence-corrected chi connectivity index (χ0v) is 88.9. The molecule has 2 aliphatic rings. The van der Waals surface area contributed by atoms with E-state index in [1.54, 1.807) is 145 Å². The number of rotatable bonds is 46. The second kappa shape index (κ2) is 57.2. The van der Waals surface area contributed by atoms with Gasteiger partial charge in [-0.1, -0.05) is 54.6 Å². The Balaban J connectivity index is 1.35. The number of ether oxygens (including phenoxy) is 8. The van der Waals surface area contributed by atoms with Crippen LogP contribution in [0, 0.1) is 15.4 Å². The lowest BCUT2D eigenvalue weighted by Gasteiger charge is -2.34. The van der Waals surface area contributed by atoms with Crippen molar-refractivity contribution < 1.29 is 115 Å². The van der Waals surface area contributed by atoms with Crippen LogP contribution in [0.3, 0.4) is 0 Å². The van der Waals surface area contributed by atoms with Crippen LogP contribution >= 0.6 is 22.6 Å². The molecule has 0 spiro atoms. The monoisotopic (exact) mass is 2080 g/mol. The number of amides is 9. The molecule has 9 N–H and O–H groups in total. The largest absolute Gasteiger partial charge is 0.467 e. The number of carbonyl (C=O) groups excluding carboxylic acids is 16.